The second-order valence-corrected chi connectivity index (χ2v) is 11.0. The van der Waals surface area contributed by atoms with E-state index in [1.54, 1.807) is 24.3 Å². The first-order valence-electron chi connectivity index (χ1n) is 12.2. The summed E-state index contributed by atoms with van der Waals surface area (Å²) in [6.07, 6.45) is 0.278. The molecule has 2 aliphatic rings. The van der Waals surface area contributed by atoms with Crippen LogP contribution in [0.15, 0.2) is 48.5 Å². The van der Waals surface area contributed by atoms with E-state index in [1.807, 2.05) is 72.7 Å². The molecule has 2 fully saturated rings. The normalized spacial score (nSPS) is 22.4. The molecular weight excluding hydrogens is 442 g/mol. The molecule has 0 aromatic heterocycles. The Morgan fingerprint density at radius 1 is 0.686 bits per heavy atom. The lowest BCUT2D eigenvalue weighted by atomic mass is 9.78. The summed E-state index contributed by atoms with van der Waals surface area (Å²) < 4.78 is 24.0. The Morgan fingerprint density at radius 2 is 1.09 bits per heavy atom. The largest absolute Gasteiger partial charge is 0.494 e. The van der Waals surface area contributed by atoms with Gasteiger partial charge in [-0.15, -0.1) is 0 Å². The van der Waals surface area contributed by atoms with E-state index in [2.05, 4.69) is 0 Å². The maximum absolute atomic E-state index is 12.7. The molecule has 0 spiro atoms. The van der Waals surface area contributed by atoms with Gasteiger partial charge in [0.1, 0.15) is 0 Å². The van der Waals surface area contributed by atoms with Gasteiger partial charge in [-0.3, -0.25) is 9.59 Å². The molecule has 0 aliphatic carbocycles. The summed E-state index contributed by atoms with van der Waals surface area (Å²) >= 11 is 0. The molecule has 1 atom stereocenters. The Bertz CT molecular complexity index is 1080. The van der Waals surface area contributed by atoms with Gasteiger partial charge >= 0.3 is 14.2 Å². The summed E-state index contributed by atoms with van der Waals surface area (Å²) in [6.45, 7) is 14.0. The summed E-state index contributed by atoms with van der Waals surface area (Å²) in [5.74, 6) is -0.139. The zero-order chi connectivity index (χ0) is 25.6. The highest BCUT2D eigenvalue weighted by Gasteiger charge is 2.51. The van der Waals surface area contributed by atoms with E-state index in [0.29, 0.717) is 11.1 Å². The number of Topliss-reactive ketones (excluding diaryl/α,β-unsaturated/α-hetero) is 2. The Balaban J connectivity index is 1.31. The van der Waals surface area contributed by atoms with E-state index in [1.165, 1.54) is 0 Å². The molecule has 0 amide bonds. The van der Waals surface area contributed by atoms with Crippen LogP contribution >= 0.6 is 0 Å². The van der Waals surface area contributed by atoms with Gasteiger partial charge in [-0.1, -0.05) is 48.5 Å². The minimum Gasteiger partial charge on any atom is -0.402 e. The smallest absolute Gasteiger partial charge is 0.402 e. The monoisotopic (exact) mass is 476 g/mol. The fourth-order valence-electron chi connectivity index (χ4n) is 4.04. The summed E-state index contributed by atoms with van der Waals surface area (Å²) in [7, 11) is -0.908. The fraction of sp³-hybridized carbons (Fsp3) is 0.481. The molecule has 0 radical (unpaired) electrons. The summed E-state index contributed by atoms with van der Waals surface area (Å²) in [6, 6.07) is 14.5. The van der Waals surface area contributed by atoms with Crippen molar-refractivity contribution in [1.29, 1.82) is 0 Å². The SMILES string of the molecule is CC1OB(c2ccc(C(=O)CCC(=O)c3ccc(B4OC(C)(C)C(C)(C)O4)cc3)cc2)OC1(C)C. The number of benzene rings is 2. The molecule has 4 rings (SSSR count). The van der Waals surface area contributed by atoms with Crippen molar-refractivity contribution in [3.8, 4) is 0 Å². The highest BCUT2D eigenvalue weighted by atomic mass is 16.7. The molecule has 35 heavy (non-hydrogen) atoms. The Hall–Kier alpha value is -2.25. The molecule has 1 unspecified atom stereocenters. The molecule has 2 aromatic rings. The predicted molar refractivity (Wildman–Crippen MR) is 138 cm³/mol. The standard InChI is InChI=1S/C27H34B2O6/c1-18-25(2,3)33-28(32-18)21-12-8-19(9-13-21)23(30)16-17-24(31)20-10-14-22(15-11-20)29-34-26(4,5)27(6,7)35-29/h8-15,18H,16-17H2,1-7H3. The van der Waals surface area contributed by atoms with Crippen LogP contribution in [-0.4, -0.2) is 48.7 Å². The van der Waals surface area contributed by atoms with Gasteiger partial charge in [0.15, 0.2) is 11.6 Å². The molecule has 2 heterocycles. The zero-order valence-electron chi connectivity index (χ0n) is 21.7. The summed E-state index contributed by atoms with van der Waals surface area (Å²) in [5, 5.41) is 0. The van der Waals surface area contributed by atoms with Crippen LogP contribution in [0.3, 0.4) is 0 Å². The van der Waals surface area contributed by atoms with Crippen molar-refractivity contribution in [2.45, 2.75) is 84.2 Å². The van der Waals surface area contributed by atoms with Gasteiger partial charge in [-0.2, -0.15) is 0 Å². The van der Waals surface area contributed by atoms with Gasteiger partial charge in [-0.25, -0.2) is 0 Å². The molecule has 2 aliphatic heterocycles. The van der Waals surface area contributed by atoms with Gasteiger partial charge in [-0.05, 0) is 59.4 Å². The van der Waals surface area contributed by atoms with Crippen LogP contribution in [0.1, 0.15) is 82.0 Å². The summed E-state index contributed by atoms with van der Waals surface area (Å²) in [4.78, 5) is 25.4. The van der Waals surface area contributed by atoms with Crippen molar-refractivity contribution in [1.82, 2.24) is 0 Å². The van der Waals surface area contributed by atoms with E-state index in [0.717, 1.165) is 10.9 Å². The van der Waals surface area contributed by atoms with Crippen molar-refractivity contribution in [2.24, 2.45) is 0 Å². The van der Waals surface area contributed by atoms with Crippen LogP contribution in [0.4, 0.5) is 0 Å². The lowest BCUT2D eigenvalue weighted by molar-refractivity contribution is 0.00578. The van der Waals surface area contributed by atoms with E-state index in [9.17, 15) is 9.59 Å². The van der Waals surface area contributed by atoms with Gasteiger partial charge in [0.2, 0.25) is 0 Å². The number of hydrogen-bond acceptors (Lipinski definition) is 6. The van der Waals surface area contributed by atoms with Crippen LogP contribution in [0.25, 0.3) is 0 Å². The predicted octanol–water partition coefficient (Wildman–Crippen LogP) is 3.74. The second kappa shape index (κ2) is 9.32. The van der Waals surface area contributed by atoms with Crippen molar-refractivity contribution >= 4 is 36.7 Å². The average molecular weight is 476 g/mol. The number of rotatable bonds is 7. The quantitative estimate of drug-likeness (QED) is 0.448. The topological polar surface area (TPSA) is 71.1 Å². The molecule has 0 bridgehead atoms. The molecule has 0 N–H and O–H groups in total. The minimum atomic E-state index is -0.469. The van der Waals surface area contributed by atoms with Crippen molar-refractivity contribution in [3.05, 3.63) is 59.7 Å². The third kappa shape index (κ3) is 5.31. The lowest BCUT2D eigenvalue weighted by Gasteiger charge is -2.32. The van der Waals surface area contributed by atoms with Crippen molar-refractivity contribution in [3.63, 3.8) is 0 Å². The summed E-state index contributed by atoms with van der Waals surface area (Å²) in [5.41, 5.74) is 1.68. The highest BCUT2D eigenvalue weighted by molar-refractivity contribution is 6.62. The van der Waals surface area contributed by atoms with Crippen LogP contribution in [0.5, 0.6) is 0 Å². The molecule has 6 nitrogen and oxygen atoms in total. The van der Waals surface area contributed by atoms with Crippen LogP contribution in [0.2, 0.25) is 0 Å². The molecular formula is C27H34B2O6. The van der Waals surface area contributed by atoms with Crippen molar-refractivity contribution < 1.29 is 28.2 Å². The van der Waals surface area contributed by atoms with E-state index >= 15 is 0 Å². The maximum Gasteiger partial charge on any atom is 0.494 e. The van der Waals surface area contributed by atoms with E-state index < -0.39 is 25.4 Å². The minimum absolute atomic E-state index is 0.0224. The highest BCUT2D eigenvalue weighted by Crippen LogP contribution is 2.36. The van der Waals surface area contributed by atoms with Gasteiger partial charge < -0.3 is 18.6 Å². The van der Waals surface area contributed by atoms with Crippen LogP contribution in [-0.2, 0) is 18.6 Å². The number of carbonyl (C=O) groups excluding carboxylic acids is 2. The van der Waals surface area contributed by atoms with Crippen molar-refractivity contribution in [2.75, 3.05) is 0 Å². The van der Waals surface area contributed by atoms with Crippen LogP contribution < -0.4 is 10.9 Å². The Labute approximate surface area is 209 Å². The molecule has 2 aromatic carbocycles. The molecule has 8 heteroatoms. The first-order chi connectivity index (χ1) is 16.3. The third-order valence-electron chi connectivity index (χ3n) is 7.56. The van der Waals surface area contributed by atoms with Crippen LogP contribution in [0, 0.1) is 0 Å². The molecule has 0 saturated carbocycles. The van der Waals surface area contributed by atoms with E-state index in [-0.39, 0.29) is 36.1 Å². The van der Waals surface area contributed by atoms with Gasteiger partial charge in [0.05, 0.1) is 22.9 Å². The van der Waals surface area contributed by atoms with Gasteiger partial charge in [0.25, 0.3) is 0 Å². The average Bonchev–Trinajstić information content (AvgIpc) is 3.21. The Kier molecular flexibility index (Phi) is 6.88. The van der Waals surface area contributed by atoms with Gasteiger partial charge in [0, 0.05) is 24.0 Å². The molecule has 2 saturated heterocycles. The number of hydrogen-bond donors (Lipinski definition) is 0. The number of ketones is 2. The lowest BCUT2D eigenvalue weighted by Crippen LogP contribution is -2.41. The first-order valence-corrected chi connectivity index (χ1v) is 12.2. The second-order valence-electron chi connectivity index (χ2n) is 11.0. The maximum atomic E-state index is 12.7. The zero-order valence-corrected chi connectivity index (χ0v) is 21.7. The fourth-order valence-corrected chi connectivity index (χ4v) is 4.04. The Morgan fingerprint density at radius 3 is 1.46 bits per heavy atom. The van der Waals surface area contributed by atoms with E-state index in [4.69, 9.17) is 18.6 Å². The first kappa shape index (κ1) is 25.8. The third-order valence-corrected chi connectivity index (χ3v) is 7.56. The molecule has 184 valence electrons. The number of carbonyl (C=O) groups is 2.